The standard InChI is InChI=1S/C11H17Cl/c1-7-10-3-8-2-9(4-10)6-11(7,12)5-8/h7-10H,2-6H2,1H3. The Morgan fingerprint density at radius 2 is 1.67 bits per heavy atom. The predicted octanol–water partition coefficient (Wildman–Crippen LogP) is 3.44. The Bertz CT molecular complexity index is 197. The van der Waals surface area contributed by atoms with Gasteiger partial charge in [0.25, 0.3) is 0 Å². The second kappa shape index (κ2) is 2.20. The molecule has 0 amide bonds. The van der Waals surface area contributed by atoms with Crippen LogP contribution in [-0.4, -0.2) is 4.87 Å². The van der Waals surface area contributed by atoms with E-state index in [1.54, 1.807) is 0 Å². The monoisotopic (exact) mass is 184 g/mol. The van der Waals surface area contributed by atoms with Crippen LogP contribution in [0.15, 0.2) is 0 Å². The van der Waals surface area contributed by atoms with Crippen molar-refractivity contribution in [3.63, 3.8) is 0 Å². The van der Waals surface area contributed by atoms with Gasteiger partial charge in [0.05, 0.1) is 0 Å². The molecule has 0 radical (unpaired) electrons. The summed E-state index contributed by atoms with van der Waals surface area (Å²) in [6.07, 6.45) is 7.13. The number of rotatable bonds is 0. The van der Waals surface area contributed by atoms with Crippen LogP contribution in [0.1, 0.15) is 39.0 Å². The minimum atomic E-state index is 0.231. The van der Waals surface area contributed by atoms with Gasteiger partial charge in [0, 0.05) is 4.87 Å². The molecule has 0 nitrogen and oxygen atoms in total. The van der Waals surface area contributed by atoms with Gasteiger partial charge in [-0.15, -0.1) is 11.6 Å². The Kier molecular flexibility index (Phi) is 1.41. The van der Waals surface area contributed by atoms with Gasteiger partial charge in [-0.2, -0.15) is 0 Å². The minimum Gasteiger partial charge on any atom is -0.119 e. The van der Waals surface area contributed by atoms with E-state index in [1.165, 1.54) is 32.1 Å². The molecule has 12 heavy (non-hydrogen) atoms. The van der Waals surface area contributed by atoms with Gasteiger partial charge in [-0.05, 0) is 55.8 Å². The van der Waals surface area contributed by atoms with Crippen molar-refractivity contribution in [2.75, 3.05) is 0 Å². The molecule has 0 aromatic carbocycles. The van der Waals surface area contributed by atoms with E-state index >= 15 is 0 Å². The van der Waals surface area contributed by atoms with E-state index in [1.807, 2.05) is 0 Å². The van der Waals surface area contributed by atoms with Crippen molar-refractivity contribution in [1.82, 2.24) is 0 Å². The van der Waals surface area contributed by atoms with Gasteiger partial charge in [0.1, 0.15) is 0 Å². The Hall–Kier alpha value is 0.290. The zero-order valence-corrected chi connectivity index (χ0v) is 8.48. The van der Waals surface area contributed by atoms with Crippen LogP contribution >= 0.6 is 11.6 Å². The van der Waals surface area contributed by atoms with Crippen molar-refractivity contribution in [3.05, 3.63) is 0 Å². The van der Waals surface area contributed by atoms with Crippen LogP contribution < -0.4 is 0 Å². The van der Waals surface area contributed by atoms with Crippen molar-refractivity contribution in [1.29, 1.82) is 0 Å². The van der Waals surface area contributed by atoms with Crippen molar-refractivity contribution < 1.29 is 0 Å². The average Bonchev–Trinajstić information content (AvgIpc) is 1.98. The summed E-state index contributed by atoms with van der Waals surface area (Å²) in [6.45, 7) is 2.38. The minimum absolute atomic E-state index is 0.231. The molecule has 3 atom stereocenters. The van der Waals surface area contributed by atoms with Gasteiger partial charge in [0.2, 0.25) is 0 Å². The van der Waals surface area contributed by atoms with Crippen LogP contribution in [0.3, 0.4) is 0 Å². The van der Waals surface area contributed by atoms with Crippen molar-refractivity contribution in [2.45, 2.75) is 43.9 Å². The van der Waals surface area contributed by atoms with Gasteiger partial charge in [0.15, 0.2) is 0 Å². The second-order valence-electron chi connectivity index (χ2n) is 5.43. The molecule has 1 heteroatoms. The SMILES string of the molecule is CC1C2CC3CC(C2)CC1(Cl)C3. The second-order valence-corrected chi connectivity index (χ2v) is 6.18. The van der Waals surface area contributed by atoms with E-state index < -0.39 is 0 Å². The molecular weight excluding hydrogens is 168 g/mol. The van der Waals surface area contributed by atoms with Crippen LogP contribution in [0, 0.1) is 23.7 Å². The molecule has 4 saturated carbocycles. The van der Waals surface area contributed by atoms with Crippen LogP contribution in [0.5, 0.6) is 0 Å². The molecule has 4 bridgehead atoms. The third kappa shape index (κ3) is 0.852. The lowest BCUT2D eigenvalue weighted by Gasteiger charge is -2.57. The molecule has 3 unspecified atom stereocenters. The summed E-state index contributed by atoms with van der Waals surface area (Å²) < 4.78 is 0. The highest BCUT2D eigenvalue weighted by Gasteiger charge is 2.54. The summed E-state index contributed by atoms with van der Waals surface area (Å²) in [5.74, 6) is 3.77. The first kappa shape index (κ1) is 7.67. The highest BCUT2D eigenvalue weighted by molar-refractivity contribution is 6.24. The molecule has 0 N–H and O–H groups in total. The van der Waals surface area contributed by atoms with Crippen molar-refractivity contribution in [3.8, 4) is 0 Å². The normalized spacial score (nSPS) is 62.5. The summed E-state index contributed by atoms with van der Waals surface area (Å²) in [7, 11) is 0. The van der Waals surface area contributed by atoms with Crippen LogP contribution in [-0.2, 0) is 0 Å². The molecule has 0 aromatic heterocycles. The molecule has 68 valence electrons. The number of alkyl halides is 1. The average molecular weight is 185 g/mol. The molecule has 4 fully saturated rings. The van der Waals surface area contributed by atoms with Crippen molar-refractivity contribution in [2.24, 2.45) is 23.7 Å². The third-order valence-electron chi connectivity index (χ3n) is 4.72. The molecule has 4 aliphatic carbocycles. The van der Waals surface area contributed by atoms with Gasteiger partial charge in [-0.1, -0.05) is 6.92 Å². The maximum absolute atomic E-state index is 6.68. The van der Waals surface area contributed by atoms with Crippen LogP contribution in [0.25, 0.3) is 0 Å². The van der Waals surface area contributed by atoms with Gasteiger partial charge < -0.3 is 0 Å². The Morgan fingerprint density at radius 3 is 2.17 bits per heavy atom. The summed E-state index contributed by atoms with van der Waals surface area (Å²) in [4.78, 5) is 0.231. The third-order valence-corrected chi connectivity index (χ3v) is 5.37. The van der Waals surface area contributed by atoms with Crippen LogP contribution in [0.2, 0.25) is 0 Å². The van der Waals surface area contributed by atoms with E-state index in [0.717, 1.165) is 23.7 Å². The van der Waals surface area contributed by atoms with Crippen molar-refractivity contribution >= 4 is 11.6 Å². The largest absolute Gasteiger partial charge is 0.119 e. The zero-order valence-electron chi connectivity index (χ0n) is 7.72. The molecule has 0 saturated heterocycles. The van der Waals surface area contributed by atoms with Crippen LogP contribution in [0.4, 0.5) is 0 Å². The van der Waals surface area contributed by atoms with E-state index in [9.17, 15) is 0 Å². The predicted molar refractivity (Wildman–Crippen MR) is 51.3 cm³/mol. The van der Waals surface area contributed by atoms with Gasteiger partial charge in [-0.3, -0.25) is 0 Å². The highest BCUT2D eigenvalue weighted by atomic mass is 35.5. The topological polar surface area (TPSA) is 0 Å². The summed E-state index contributed by atoms with van der Waals surface area (Å²) in [5, 5.41) is 0. The Labute approximate surface area is 79.7 Å². The van der Waals surface area contributed by atoms with E-state index in [-0.39, 0.29) is 4.87 Å². The van der Waals surface area contributed by atoms with E-state index in [4.69, 9.17) is 11.6 Å². The van der Waals surface area contributed by atoms with E-state index in [2.05, 4.69) is 6.92 Å². The summed E-state index contributed by atoms with van der Waals surface area (Å²) in [6, 6.07) is 0. The maximum atomic E-state index is 6.68. The molecular formula is C11H17Cl. The Balaban J connectivity index is 1.97. The lowest BCUT2D eigenvalue weighted by molar-refractivity contribution is -0.0119. The maximum Gasteiger partial charge on any atom is 0.0480 e. The quantitative estimate of drug-likeness (QED) is 0.506. The first-order chi connectivity index (χ1) is 5.67. The molecule has 0 heterocycles. The number of hydrogen-bond donors (Lipinski definition) is 0. The molecule has 0 aromatic rings. The highest BCUT2D eigenvalue weighted by Crippen LogP contribution is 2.60. The number of hydrogen-bond acceptors (Lipinski definition) is 0. The lowest BCUT2D eigenvalue weighted by atomic mass is 9.52. The fourth-order valence-corrected chi connectivity index (χ4v) is 4.81. The van der Waals surface area contributed by atoms with Gasteiger partial charge in [-0.25, -0.2) is 0 Å². The zero-order chi connectivity index (χ0) is 8.34. The fourth-order valence-electron chi connectivity index (χ4n) is 4.20. The summed E-state index contributed by atoms with van der Waals surface area (Å²) in [5.41, 5.74) is 0. The lowest BCUT2D eigenvalue weighted by Crippen LogP contribution is -2.52. The van der Waals surface area contributed by atoms with Gasteiger partial charge >= 0.3 is 0 Å². The Morgan fingerprint density at radius 1 is 1.08 bits per heavy atom. The smallest absolute Gasteiger partial charge is 0.0480 e. The fraction of sp³-hybridized carbons (Fsp3) is 1.00. The first-order valence-corrected chi connectivity index (χ1v) is 5.74. The molecule has 0 aliphatic heterocycles. The first-order valence-electron chi connectivity index (χ1n) is 5.36. The summed E-state index contributed by atoms with van der Waals surface area (Å²) >= 11 is 6.68. The molecule has 4 rings (SSSR count). The molecule has 0 spiro atoms. The van der Waals surface area contributed by atoms with E-state index in [0.29, 0.717) is 0 Å². The number of halogens is 1. The molecule has 4 aliphatic rings.